The van der Waals surface area contributed by atoms with Crippen LogP contribution in [0.4, 0.5) is 5.95 Å². The summed E-state index contributed by atoms with van der Waals surface area (Å²) in [5, 5.41) is 3.77. The van der Waals surface area contributed by atoms with Crippen LogP contribution in [0.15, 0.2) is 6.33 Å². The second-order valence-electron chi connectivity index (χ2n) is 3.07. The minimum atomic E-state index is -0.360. The predicted octanol–water partition coefficient (Wildman–Crippen LogP) is -0.170. The zero-order valence-corrected chi connectivity index (χ0v) is 9.26. The van der Waals surface area contributed by atoms with Crippen molar-refractivity contribution in [2.45, 2.75) is 19.9 Å². The lowest BCUT2D eigenvalue weighted by molar-refractivity contribution is -0.144. The van der Waals surface area contributed by atoms with Gasteiger partial charge in [0.2, 0.25) is 5.95 Å². The third-order valence-electron chi connectivity index (χ3n) is 1.75. The van der Waals surface area contributed by atoms with E-state index in [2.05, 4.69) is 10.1 Å². The highest BCUT2D eigenvalue weighted by molar-refractivity contribution is 5.68. The topological polar surface area (TPSA) is 92.3 Å². The van der Waals surface area contributed by atoms with Gasteiger partial charge in [0, 0.05) is 19.6 Å². The average Bonchev–Trinajstić information content (AvgIpc) is 2.63. The van der Waals surface area contributed by atoms with Crippen LogP contribution in [0, 0.1) is 0 Å². The quantitative estimate of drug-likeness (QED) is 0.514. The van der Waals surface area contributed by atoms with Gasteiger partial charge in [-0.25, -0.2) is 9.67 Å². The average molecular weight is 228 g/mol. The van der Waals surface area contributed by atoms with Crippen LogP contribution in [0.3, 0.4) is 0 Å². The van der Waals surface area contributed by atoms with Crippen molar-refractivity contribution in [3.05, 3.63) is 6.33 Å². The maximum atomic E-state index is 11.3. The Hall–Kier alpha value is -1.63. The second kappa shape index (κ2) is 6.78. The molecule has 0 fully saturated rings. The van der Waals surface area contributed by atoms with Gasteiger partial charge in [-0.05, 0) is 6.92 Å². The Labute approximate surface area is 93.5 Å². The molecule has 0 aromatic carbocycles. The zero-order valence-electron chi connectivity index (χ0n) is 9.26. The molecule has 1 rings (SSSR count). The van der Waals surface area contributed by atoms with E-state index in [0.29, 0.717) is 26.2 Å². The Morgan fingerprint density at radius 2 is 2.38 bits per heavy atom. The summed E-state index contributed by atoms with van der Waals surface area (Å²) >= 11 is 0. The van der Waals surface area contributed by atoms with Crippen molar-refractivity contribution >= 4 is 11.9 Å². The molecule has 7 heteroatoms. The molecule has 0 unspecified atom stereocenters. The van der Waals surface area contributed by atoms with E-state index in [1.807, 2.05) is 6.92 Å². The number of nitrogens with two attached hydrogens (primary N) is 1. The largest absolute Gasteiger partial charge is 0.464 e. The van der Waals surface area contributed by atoms with E-state index in [-0.39, 0.29) is 18.5 Å². The van der Waals surface area contributed by atoms with Crippen LogP contribution >= 0.6 is 0 Å². The van der Waals surface area contributed by atoms with Crippen molar-refractivity contribution in [2.75, 3.05) is 25.6 Å². The number of esters is 1. The van der Waals surface area contributed by atoms with E-state index in [1.165, 1.54) is 11.0 Å². The van der Waals surface area contributed by atoms with E-state index in [1.54, 1.807) is 0 Å². The molecule has 1 heterocycles. The van der Waals surface area contributed by atoms with Gasteiger partial charge in [-0.15, -0.1) is 5.10 Å². The highest BCUT2D eigenvalue weighted by Gasteiger charge is 2.05. The molecular weight excluding hydrogens is 212 g/mol. The number of aromatic nitrogens is 3. The van der Waals surface area contributed by atoms with Gasteiger partial charge in [-0.2, -0.15) is 0 Å². The standard InChI is InChI=1S/C9H16N4O3/c1-2-15-4-3-5-16-8(14)6-13-7-11-9(10)12-13/h7H,2-6H2,1H3,(H2,10,12). The van der Waals surface area contributed by atoms with Gasteiger partial charge in [-0.3, -0.25) is 4.79 Å². The molecule has 0 atom stereocenters. The van der Waals surface area contributed by atoms with Crippen LogP contribution < -0.4 is 5.73 Å². The summed E-state index contributed by atoms with van der Waals surface area (Å²) in [7, 11) is 0. The summed E-state index contributed by atoms with van der Waals surface area (Å²) in [5.41, 5.74) is 5.30. The molecule has 16 heavy (non-hydrogen) atoms. The second-order valence-corrected chi connectivity index (χ2v) is 3.07. The summed E-state index contributed by atoms with van der Waals surface area (Å²) in [6.07, 6.45) is 2.08. The molecule has 7 nitrogen and oxygen atoms in total. The molecule has 0 aliphatic carbocycles. The Morgan fingerprint density at radius 3 is 3.00 bits per heavy atom. The molecule has 0 bridgehead atoms. The lowest BCUT2D eigenvalue weighted by Gasteiger charge is -2.04. The maximum Gasteiger partial charge on any atom is 0.327 e. The summed E-state index contributed by atoms with van der Waals surface area (Å²) in [6.45, 7) is 3.56. The molecule has 0 amide bonds. The summed E-state index contributed by atoms with van der Waals surface area (Å²) in [4.78, 5) is 15.0. The van der Waals surface area contributed by atoms with Crippen LogP contribution in [0.5, 0.6) is 0 Å². The fraction of sp³-hybridized carbons (Fsp3) is 0.667. The summed E-state index contributed by atoms with van der Waals surface area (Å²) in [6, 6.07) is 0. The minimum absolute atomic E-state index is 0.0266. The number of carbonyl (C=O) groups is 1. The first-order valence-electron chi connectivity index (χ1n) is 5.10. The summed E-state index contributed by atoms with van der Waals surface area (Å²) < 4.78 is 11.4. The Kier molecular flexibility index (Phi) is 5.27. The van der Waals surface area contributed by atoms with Crippen molar-refractivity contribution in [3.63, 3.8) is 0 Å². The smallest absolute Gasteiger partial charge is 0.327 e. The van der Waals surface area contributed by atoms with Crippen LogP contribution in [-0.4, -0.2) is 40.6 Å². The number of hydrogen-bond acceptors (Lipinski definition) is 6. The number of anilines is 1. The van der Waals surface area contributed by atoms with Gasteiger partial charge in [0.1, 0.15) is 12.9 Å². The highest BCUT2D eigenvalue weighted by Crippen LogP contribution is 1.92. The van der Waals surface area contributed by atoms with Gasteiger partial charge in [0.25, 0.3) is 0 Å². The Balaban J connectivity index is 2.11. The van der Waals surface area contributed by atoms with E-state index < -0.39 is 0 Å². The van der Waals surface area contributed by atoms with Gasteiger partial charge in [0.05, 0.1) is 6.61 Å². The van der Waals surface area contributed by atoms with Crippen molar-refractivity contribution in [2.24, 2.45) is 0 Å². The maximum absolute atomic E-state index is 11.3. The fourth-order valence-electron chi connectivity index (χ4n) is 1.05. The number of nitrogen functional groups attached to an aromatic ring is 1. The minimum Gasteiger partial charge on any atom is -0.464 e. The summed E-state index contributed by atoms with van der Waals surface area (Å²) in [5.74, 6) is -0.217. The molecule has 1 aromatic heterocycles. The number of hydrogen-bond donors (Lipinski definition) is 1. The van der Waals surface area contributed by atoms with E-state index in [0.717, 1.165) is 0 Å². The van der Waals surface area contributed by atoms with Crippen LogP contribution in [-0.2, 0) is 20.8 Å². The molecule has 90 valence electrons. The van der Waals surface area contributed by atoms with E-state index >= 15 is 0 Å². The van der Waals surface area contributed by atoms with E-state index in [4.69, 9.17) is 15.2 Å². The first-order valence-corrected chi connectivity index (χ1v) is 5.10. The number of rotatable bonds is 7. The molecule has 2 N–H and O–H groups in total. The molecule has 0 spiro atoms. The number of nitrogens with zero attached hydrogens (tertiary/aromatic N) is 3. The third kappa shape index (κ3) is 4.74. The van der Waals surface area contributed by atoms with Crippen molar-refractivity contribution in [3.8, 4) is 0 Å². The molecule has 0 aliphatic rings. The monoisotopic (exact) mass is 228 g/mol. The molecular formula is C9H16N4O3. The van der Waals surface area contributed by atoms with Gasteiger partial charge >= 0.3 is 5.97 Å². The zero-order chi connectivity index (χ0) is 11.8. The fourth-order valence-corrected chi connectivity index (χ4v) is 1.05. The highest BCUT2D eigenvalue weighted by atomic mass is 16.5. The van der Waals surface area contributed by atoms with Gasteiger partial charge < -0.3 is 15.2 Å². The SMILES string of the molecule is CCOCCCOC(=O)Cn1cnc(N)n1. The lowest BCUT2D eigenvalue weighted by atomic mass is 10.5. The van der Waals surface area contributed by atoms with Crippen molar-refractivity contribution < 1.29 is 14.3 Å². The molecule has 0 radical (unpaired) electrons. The van der Waals surface area contributed by atoms with Crippen molar-refractivity contribution in [1.82, 2.24) is 14.8 Å². The number of carbonyl (C=O) groups excluding carboxylic acids is 1. The van der Waals surface area contributed by atoms with Gasteiger partial charge in [0.15, 0.2) is 0 Å². The molecule has 0 saturated heterocycles. The molecule has 1 aromatic rings. The predicted molar refractivity (Wildman–Crippen MR) is 56.5 cm³/mol. The Bertz CT molecular complexity index is 326. The van der Waals surface area contributed by atoms with E-state index in [9.17, 15) is 4.79 Å². The lowest BCUT2D eigenvalue weighted by Crippen LogP contribution is -2.15. The van der Waals surface area contributed by atoms with Crippen LogP contribution in [0.2, 0.25) is 0 Å². The normalized spacial score (nSPS) is 10.3. The van der Waals surface area contributed by atoms with Gasteiger partial charge in [-0.1, -0.05) is 0 Å². The molecule has 0 aliphatic heterocycles. The van der Waals surface area contributed by atoms with Crippen LogP contribution in [0.1, 0.15) is 13.3 Å². The number of ether oxygens (including phenoxy) is 2. The first-order chi connectivity index (χ1) is 7.72. The van der Waals surface area contributed by atoms with Crippen LogP contribution in [0.25, 0.3) is 0 Å². The Morgan fingerprint density at radius 1 is 1.56 bits per heavy atom. The molecule has 0 saturated carbocycles. The third-order valence-corrected chi connectivity index (χ3v) is 1.75. The van der Waals surface area contributed by atoms with Crippen molar-refractivity contribution in [1.29, 1.82) is 0 Å². The first kappa shape index (κ1) is 12.4.